The second kappa shape index (κ2) is 5.13. The zero-order chi connectivity index (χ0) is 12.3. The van der Waals surface area contributed by atoms with Crippen molar-refractivity contribution in [1.82, 2.24) is 0 Å². The van der Waals surface area contributed by atoms with Gasteiger partial charge in [-0.05, 0) is 38.0 Å². The van der Waals surface area contributed by atoms with Gasteiger partial charge >= 0.3 is 0 Å². The Bertz CT molecular complexity index is 368. The van der Waals surface area contributed by atoms with Crippen LogP contribution >= 0.6 is 11.6 Å². The average molecular weight is 246 g/mol. The van der Waals surface area contributed by atoms with Gasteiger partial charge in [0.15, 0.2) is 0 Å². The maximum absolute atomic E-state index is 12.9. The molecule has 1 atom stereocenters. The molecule has 0 heterocycles. The summed E-state index contributed by atoms with van der Waals surface area (Å²) in [4.78, 5) is 0. The fourth-order valence-corrected chi connectivity index (χ4v) is 1.52. The Balaban J connectivity index is 2.77. The van der Waals surface area contributed by atoms with Crippen molar-refractivity contribution in [2.24, 2.45) is 5.73 Å². The van der Waals surface area contributed by atoms with Gasteiger partial charge in [0.25, 0.3) is 0 Å². The van der Waals surface area contributed by atoms with Crippen LogP contribution in [0.5, 0.6) is 0 Å². The Labute approximate surface area is 101 Å². The standard InChI is InChI=1S/C12H17ClFNO/c1-12(2,16-3)11(15)7-8-4-5-10(14)9(13)6-8/h4-6,11H,7,15H2,1-3H3. The van der Waals surface area contributed by atoms with E-state index in [4.69, 9.17) is 22.1 Å². The number of rotatable bonds is 4. The summed E-state index contributed by atoms with van der Waals surface area (Å²) in [5.74, 6) is -0.412. The molecule has 2 nitrogen and oxygen atoms in total. The molecule has 16 heavy (non-hydrogen) atoms. The summed E-state index contributed by atoms with van der Waals surface area (Å²) < 4.78 is 18.2. The first-order valence-corrected chi connectivity index (χ1v) is 5.49. The van der Waals surface area contributed by atoms with Crippen molar-refractivity contribution in [1.29, 1.82) is 0 Å². The molecular formula is C12H17ClFNO. The molecule has 1 aromatic carbocycles. The van der Waals surface area contributed by atoms with E-state index in [2.05, 4.69) is 0 Å². The van der Waals surface area contributed by atoms with E-state index in [1.54, 1.807) is 19.2 Å². The summed E-state index contributed by atoms with van der Waals surface area (Å²) in [6, 6.07) is 4.47. The van der Waals surface area contributed by atoms with Crippen LogP contribution in [-0.4, -0.2) is 18.8 Å². The Morgan fingerprint density at radius 2 is 2.12 bits per heavy atom. The van der Waals surface area contributed by atoms with E-state index in [-0.39, 0.29) is 11.1 Å². The lowest BCUT2D eigenvalue weighted by atomic mass is 9.93. The molecule has 0 aliphatic carbocycles. The number of hydrogen-bond acceptors (Lipinski definition) is 2. The smallest absolute Gasteiger partial charge is 0.141 e. The highest BCUT2D eigenvalue weighted by Crippen LogP contribution is 2.20. The first kappa shape index (κ1) is 13.4. The number of nitrogens with two attached hydrogens (primary N) is 1. The highest BCUT2D eigenvalue weighted by atomic mass is 35.5. The van der Waals surface area contributed by atoms with Crippen LogP contribution in [0.15, 0.2) is 18.2 Å². The van der Waals surface area contributed by atoms with Gasteiger partial charge in [-0.25, -0.2) is 4.39 Å². The number of ether oxygens (including phenoxy) is 1. The third kappa shape index (κ3) is 3.17. The maximum Gasteiger partial charge on any atom is 0.141 e. The third-order valence-electron chi connectivity index (χ3n) is 2.86. The van der Waals surface area contributed by atoms with Gasteiger partial charge in [-0.3, -0.25) is 0 Å². The molecule has 2 N–H and O–H groups in total. The van der Waals surface area contributed by atoms with E-state index in [9.17, 15) is 4.39 Å². The molecule has 0 fully saturated rings. The van der Waals surface area contributed by atoms with Crippen LogP contribution in [0.2, 0.25) is 5.02 Å². The highest BCUT2D eigenvalue weighted by Gasteiger charge is 2.25. The van der Waals surface area contributed by atoms with Gasteiger partial charge < -0.3 is 10.5 Å². The number of halogens is 2. The topological polar surface area (TPSA) is 35.2 Å². The SMILES string of the molecule is COC(C)(C)C(N)Cc1ccc(F)c(Cl)c1. The summed E-state index contributed by atoms with van der Waals surface area (Å²) in [6.45, 7) is 3.84. The Morgan fingerprint density at radius 3 is 2.62 bits per heavy atom. The second-order valence-corrected chi connectivity index (χ2v) is 4.77. The molecule has 1 rings (SSSR count). The second-order valence-electron chi connectivity index (χ2n) is 4.37. The molecule has 1 aromatic rings. The zero-order valence-electron chi connectivity index (χ0n) is 9.76. The molecule has 0 saturated carbocycles. The van der Waals surface area contributed by atoms with Crippen molar-refractivity contribution in [3.05, 3.63) is 34.6 Å². The zero-order valence-corrected chi connectivity index (χ0v) is 10.5. The molecular weight excluding hydrogens is 229 g/mol. The first-order chi connectivity index (χ1) is 7.36. The van der Waals surface area contributed by atoms with Crippen molar-refractivity contribution >= 4 is 11.6 Å². The Kier molecular flexibility index (Phi) is 4.30. The molecule has 4 heteroatoms. The van der Waals surface area contributed by atoms with Gasteiger partial charge in [0, 0.05) is 13.2 Å². The van der Waals surface area contributed by atoms with Gasteiger partial charge in [-0.2, -0.15) is 0 Å². The third-order valence-corrected chi connectivity index (χ3v) is 3.15. The maximum atomic E-state index is 12.9. The largest absolute Gasteiger partial charge is 0.377 e. The van der Waals surface area contributed by atoms with Crippen LogP contribution in [0.4, 0.5) is 4.39 Å². The van der Waals surface area contributed by atoms with Gasteiger partial charge in [0.2, 0.25) is 0 Å². The number of benzene rings is 1. The van der Waals surface area contributed by atoms with Gasteiger partial charge in [-0.15, -0.1) is 0 Å². The molecule has 0 aromatic heterocycles. The van der Waals surface area contributed by atoms with E-state index in [1.807, 2.05) is 13.8 Å². The van der Waals surface area contributed by atoms with E-state index in [1.165, 1.54) is 6.07 Å². The molecule has 1 unspecified atom stereocenters. The van der Waals surface area contributed by atoms with Crippen LogP contribution in [0.1, 0.15) is 19.4 Å². The fraction of sp³-hybridized carbons (Fsp3) is 0.500. The minimum Gasteiger partial charge on any atom is -0.377 e. The minimum atomic E-state index is -0.416. The predicted octanol–water partition coefficient (Wildman–Crippen LogP) is 2.77. The van der Waals surface area contributed by atoms with Crippen molar-refractivity contribution in [2.75, 3.05) is 7.11 Å². The molecule has 0 aliphatic rings. The highest BCUT2D eigenvalue weighted by molar-refractivity contribution is 6.30. The summed E-state index contributed by atoms with van der Waals surface area (Å²) in [6.07, 6.45) is 0.598. The first-order valence-electron chi connectivity index (χ1n) is 5.11. The lowest BCUT2D eigenvalue weighted by Crippen LogP contribution is -2.46. The summed E-state index contributed by atoms with van der Waals surface area (Å²) in [7, 11) is 1.62. The average Bonchev–Trinajstić information content (AvgIpc) is 2.23. The Morgan fingerprint density at radius 1 is 1.50 bits per heavy atom. The molecule has 0 bridgehead atoms. The van der Waals surface area contributed by atoms with Crippen molar-refractivity contribution in [3.63, 3.8) is 0 Å². The Hall–Kier alpha value is -0.640. The van der Waals surface area contributed by atoms with E-state index < -0.39 is 11.4 Å². The van der Waals surface area contributed by atoms with Crippen LogP contribution in [0.3, 0.4) is 0 Å². The molecule has 0 radical (unpaired) electrons. The van der Waals surface area contributed by atoms with Crippen LogP contribution < -0.4 is 5.73 Å². The molecule has 90 valence electrons. The molecule has 0 aliphatic heterocycles. The molecule has 0 spiro atoms. The van der Waals surface area contributed by atoms with Crippen LogP contribution in [0.25, 0.3) is 0 Å². The lowest BCUT2D eigenvalue weighted by Gasteiger charge is -2.30. The lowest BCUT2D eigenvalue weighted by molar-refractivity contribution is 0.000804. The van der Waals surface area contributed by atoms with Crippen LogP contribution in [-0.2, 0) is 11.2 Å². The van der Waals surface area contributed by atoms with E-state index in [0.29, 0.717) is 6.42 Å². The van der Waals surface area contributed by atoms with Crippen molar-refractivity contribution < 1.29 is 9.13 Å². The van der Waals surface area contributed by atoms with Gasteiger partial charge in [0.05, 0.1) is 10.6 Å². The van der Waals surface area contributed by atoms with Crippen molar-refractivity contribution in [3.8, 4) is 0 Å². The number of hydrogen-bond donors (Lipinski definition) is 1. The minimum absolute atomic E-state index is 0.125. The number of methoxy groups -OCH3 is 1. The predicted molar refractivity (Wildman–Crippen MR) is 64.2 cm³/mol. The molecule has 0 saturated heterocycles. The monoisotopic (exact) mass is 245 g/mol. The van der Waals surface area contributed by atoms with Crippen molar-refractivity contribution in [2.45, 2.75) is 31.9 Å². The molecule has 0 amide bonds. The summed E-state index contributed by atoms with van der Waals surface area (Å²) in [5.41, 5.74) is 6.51. The van der Waals surface area contributed by atoms with Gasteiger partial charge in [0.1, 0.15) is 5.82 Å². The quantitative estimate of drug-likeness (QED) is 0.885. The van der Waals surface area contributed by atoms with E-state index in [0.717, 1.165) is 5.56 Å². The summed E-state index contributed by atoms with van der Waals surface area (Å²) >= 11 is 5.70. The van der Waals surface area contributed by atoms with Gasteiger partial charge in [-0.1, -0.05) is 17.7 Å². The fourth-order valence-electron chi connectivity index (χ4n) is 1.32. The summed E-state index contributed by atoms with van der Waals surface area (Å²) in [5, 5.41) is 0.125. The van der Waals surface area contributed by atoms with E-state index >= 15 is 0 Å². The van der Waals surface area contributed by atoms with Crippen LogP contribution in [0, 0.1) is 5.82 Å². The normalized spacial score (nSPS) is 13.9.